The number of aromatic nitrogens is 3. The highest BCUT2D eigenvalue weighted by atomic mass is 16.2. The summed E-state index contributed by atoms with van der Waals surface area (Å²) >= 11 is 0. The zero-order chi connectivity index (χ0) is 22.5. The van der Waals surface area contributed by atoms with Gasteiger partial charge in [0.1, 0.15) is 17.5 Å². The molecule has 0 atom stereocenters. The molecule has 2 aliphatic heterocycles. The molecule has 1 amide bonds. The topological polar surface area (TPSA) is 68.7 Å². The fraction of sp³-hybridized carbons (Fsp3) is 0.583. The predicted octanol–water partition coefficient (Wildman–Crippen LogP) is 2.16. The molecule has 2 fully saturated rings. The molecule has 2 aromatic heterocycles. The molecular formula is C24H35N7O. The number of anilines is 2. The van der Waals surface area contributed by atoms with Gasteiger partial charge < -0.3 is 14.7 Å². The maximum absolute atomic E-state index is 12.7. The summed E-state index contributed by atoms with van der Waals surface area (Å²) in [5.41, 5.74) is 1.02. The number of pyridine rings is 1. The lowest BCUT2D eigenvalue weighted by Crippen LogP contribution is -2.50. The number of hydrogen-bond acceptors (Lipinski definition) is 7. The van der Waals surface area contributed by atoms with Gasteiger partial charge in [-0.25, -0.2) is 15.0 Å². The van der Waals surface area contributed by atoms with E-state index in [0.29, 0.717) is 12.3 Å². The van der Waals surface area contributed by atoms with Gasteiger partial charge in [-0.2, -0.15) is 0 Å². The quantitative estimate of drug-likeness (QED) is 0.686. The van der Waals surface area contributed by atoms with Gasteiger partial charge in [-0.3, -0.25) is 9.69 Å². The van der Waals surface area contributed by atoms with Crippen LogP contribution in [-0.2, 0) is 4.79 Å². The number of carbonyl (C=O) groups is 1. The van der Waals surface area contributed by atoms with Gasteiger partial charge in [-0.1, -0.05) is 19.9 Å². The van der Waals surface area contributed by atoms with Gasteiger partial charge in [0.05, 0.1) is 0 Å². The Labute approximate surface area is 191 Å². The number of piperazine rings is 2. The molecule has 0 radical (unpaired) electrons. The van der Waals surface area contributed by atoms with Crippen molar-refractivity contribution in [2.45, 2.75) is 33.1 Å². The first-order valence-electron chi connectivity index (χ1n) is 11.8. The van der Waals surface area contributed by atoms with E-state index >= 15 is 0 Å². The molecule has 0 N–H and O–H groups in total. The molecule has 172 valence electrons. The van der Waals surface area contributed by atoms with Crippen LogP contribution >= 0.6 is 0 Å². The number of rotatable bonds is 6. The molecule has 32 heavy (non-hydrogen) atoms. The van der Waals surface area contributed by atoms with Crippen molar-refractivity contribution < 1.29 is 4.79 Å². The third-order valence-electron chi connectivity index (χ3n) is 6.32. The Balaban J connectivity index is 1.20. The minimum atomic E-state index is 0.265. The van der Waals surface area contributed by atoms with Gasteiger partial charge in [0, 0.05) is 89.2 Å². The van der Waals surface area contributed by atoms with Gasteiger partial charge in [0.2, 0.25) is 5.91 Å². The molecular weight excluding hydrogens is 402 g/mol. The maximum Gasteiger partial charge on any atom is 0.223 e. The summed E-state index contributed by atoms with van der Waals surface area (Å²) in [4.78, 5) is 35.5. The summed E-state index contributed by atoms with van der Waals surface area (Å²) in [5.74, 6) is 3.53. The summed E-state index contributed by atoms with van der Waals surface area (Å²) in [6.07, 6.45) is 2.41. The van der Waals surface area contributed by atoms with Crippen LogP contribution < -0.4 is 9.80 Å². The number of carbonyl (C=O) groups excluding carboxylic acids is 1. The van der Waals surface area contributed by atoms with Crippen LogP contribution in [0.4, 0.5) is 11.6 Å². The van der Waals surface area contributed by atoms with Crippen molar-refractivity contribution in [2.75, 3.05) is 68.7 Å². The number of aryl methyl sites for hydroxylation is 1. The first-order chi connectivity index (χ1) is 15.5. The fourth-order valence-electron chi connectivity index (χ4n) is 4.33. The SMILES string of the molecule is Cc1cc(N2CCN(CCC(=O)N3CCN(c4ccccn4)CC3)CC2)nc(C(C)C)n1. The molecule has 0 bridgehead atoms. The van der Waals surface area contributed by atoms with Gasteiger partial charge in [-0.15, -0.1) is 0 Å². The van der Waals surface area contributed by atoms with Gasteiger partial charge >= 0.3 is 0 Å². The second-order valence-corrected chi connectivity index (χ2v) is 9.01. The van der Waals surface area contributed by atoms with Crippen LogP contribution in [0.3, 0.4) is 0 Å². The third kappa shape index (κ3) is 5.54. The van der Waals surface area contributed by atoms with E-state index in [1.165, 1.54) is 0 Å². The van der Waals surface area contributed by atoms with E-state index in [-0.39, 0.29) is 5.91 Å². The lowest BCUT2D eigenvalue weighted by atomic mass is 10.2. The Morgan fingerprint density at radius 2 is 1.62 bits per heavy atom. The Kier molecular flexibility index (Phi) is 7.19. The number of amides is 1. The van der Waals surface area contributed by atoms with Crippen molar-refractivity contribution in [3.63, 3.8) is 0 Å². The van der Waals surface area contributed by atoms with E-state index in [9.17, 15) is 4.79 Å². The average Bonchev–Trinajstić information content (AvgIpc) is 2.83. The third-order valence-corrected chi connectivity index (χ3v) is 6.32. The van der Waals surface area contributed by atoms with Crippen LogP contribution in [0.15, 0.2) is 30.5 Å². The summed E-state index contributed by atoms with van der Waals surface area (Å²) in [7, 11) is 0. The molecule has 2 saturated heterocycles. The van der Waals surface area contributed by atoms with Crippen molar-refractivity contribution in [2.24, 2.45) is 0 Å². The first-order valence-corrected chi connectivity index (χ1v) is 11.8. The van der Waals surface area contributed by atoms with Crippen LogP contribution in [0.5, 0.6) is 0 Å². The highest BCUT2D eigenvalue weighted by Crippen LogP contribution is 2.19. The van der Waals surface area contributed by atoms with Crippen molar-refractivity contribution in [3.8, 4) is 0 Å². The Morgan fingerprint density at radius 1 is 0.938 bits per heavy atom. The predicted molar refractivity (Wildman–Crippen MR) is 127 cm³/mol. The van der Waals surface area contributed by atoms with Crippen molar-refractivity contribution >= 4 is 17.5 Å². The highest BCUT2D eigenvalue weighted by molar-refractivity contribution is 5.76. The van der Waals surface area contributed by atoms with E-state index in [0.717, 1.165) is 82.1 Å². The fourth-order valence-corrected chi connectivity index (χ4v) is 4.33. The van der Waals surface area contributed by atoms with E-state index in [1.54, 1.807) is 0 Å². The molecule has 2 aliphatic rings. The zero-order valence-electron chi connectivity index (χ0n) is 19.6. The summed E-state index contributed by atoms with van der Waals surface area (Å²) in [6.45, 7) is 14.1. The van der Waals surface area contributed by atoms with Crippen molar-refractivity contribution in [3.05, 3.63) is 42.0 Å². The second-order valence-electron chi connectivity index (χ2n) is 9.01. The monoisotopic (exact) mass is 437 g/mol. The van der Waals surface area contributed by atoms with Crippen molar-refractivity contribution in [1.82, 2.24) is 24.8 Å². The van der Waals surface area contributed by atoms with E-state index in [2.05, 4.69) is 44.6 Å². The van der Waals surface area contributed by atoms with Crippen LogP contribution in [0.25, 0.3) is 0 Å². The minimum Gasteiger partial charge on any atom is -0.354 e. The highest BCUT2D eigenvalue weighted by Gasteiger charge is 2.24. The lowest BCUT2D eigenvalue weighted by Gasteiger charge is -2.37. The molecule has 4 heterocycles. The average molecular weight is 438 g/mol. The van der Waals surface area contributed by atoms with E-state index in [4.69, 9.17) is 4.98 Å². The molecule has 8 nitrogen and oxygen atoms in total. The first kappa shape index (κ1) is 22.5. The molecule has 0 spiro atoms. The molecule has 8 heteroatoms. The van der Waals surface area contributed by atoms with Crippen LogP contribution in [0, 0.1) is 6.92 Å². The molecule has 0 aromatic carbocycles. The largest absolute Gasteiger partial charge is 0.354 e. The van der Waals surface area contributed by atoms with E-state index in [1.807, 2.05) is 36.2 Å². The Bertz CT molecular complexity index is 888. The van der Waals surface area contributed by atoms with Gasteiger partial charge in [0.15, 0.2) is 0 Å². The normalized spacial score (nSPS) is 17.8. The van der Waals surface area contributed by atoms with Crippen LogP contribution in [0.2, 0.25) is 0 Å². The lowest BCUT2D eigenvalue weighted by molar-refractivity contribution is -0.131. The molecule has 0 unspecified atom stereocenters. The van der Waals surface area contributed by atoms with Crippen molar-refractivity contribution in [1.29, 1.82) is 0 Å². The van der Waals surface area contributed by atoms with Crippen LogP contribution in [-0.4, -0.2) is 89.6 Å². The Morgan fingerprint density at radius 3 is 2.28 bits per heavy atom. The summed E-state index contributed by atoms with van der Waals surface area (Å²) in [6, 6.07) is 8.05. The molecule has 4 rings (SSSR count). The summed E-state index contributed by atoms with van der Waals surface area (Å²) < 4.78 is 0. The van der Waals surface area contributed by atoms with Gasteiger partial charge in [0.25, 0.3) is 0 Å². The van der Waals surface area contributed by atoms with E-state index < -0.39 is 0 Å². The number of hydrogen-bond donors (Lipinski definition) is 0. The maximum atomic E-state index is 12.7. The Hall–Kier alpha value is -2.74. The molecule has 0 aliphatic carbocycles. The second kappa shape index (κ2) is 10.3. The van der Waals surface area contributed by atoms with Gasteiger partial charge in [-0.05, 0) is 19.1 Å². The molecule has 0 saturated carbocycles. The molecule has 2 aromatic rings. The zero-order valence-corrected chi connectivity index (χ0v) is 19.6. The summed E-state index contributed by atoms with van der Waals surface area (Å²) in [5, 5.41) is 0. The number of nitrogens with zero attached hydrogens (tertiary/aromatic N) is 7. The van der Waals surface area contributed by atoms with Crippen LogP contribution in [0.1, 0.15) is 37.7 Å². The standard InChI is InChI=1S/C24H35N7O/c1-19(2)24-26-20(3)18-22(27-24)30-12-10-28(11-13-30)9-7-23(32)31-16-14-29(15-17-31)21-6-4-5-8-25-21/h4-6,8,18-19H,7,9-17H2,1-3H3. The smallest absolute Gasteiger partial charge is 0.223 e. The minimum absolute atomic E-state index is 0.265.